The number of aliphatic hydroxyl groups is 2. The normalized spacial score (nSPS) is 10.8. The van der Waals surface area contributed by atoms with E-state index in [4.69, 9.17) is 14.2 Å². The molecule has 15 nitrogen and oxygen atoms in total. The van der Waals surface area contributed by atoms with E-state index in [1.54, 1.807) is 55.2 Å². The van der Waals surface area contributed by atoms with Crippen molar-refractivity contribution in [2.75, 3.05) is 89.6 Å². The van der Waals surface area contributed by atoms with Gasteiger partial charge in [0.25, 0.3) is 0 Å². The highest BCUT2D eigenvalue weighted by Gasteiger charge is 2.19. The third-order valence-corrected chi connectivity index (χ3v) is 7.62. The van der Waals surface area contributed by atoms with Gasteiger partial charge in [-0.1, -0.05) is 35.9 Å². The number of aryl methyl sites for hydroxylation is 2. The van der Waals surface area contributed by atoms with Crippen LogP contribution in [0.1, 0.15) is 33.4 Å². The molecule has 0 bridgehead atoms. The van der Waals surface area contributed by atoms with Crippen LogP contribution in [-0.2, 0) is 27.1 Å². The largest absolute Gasteiger partial charge is 0.508 e. The molecular formula is C36H50N6O9. The maximum atomic E-state index is 10.7. The number of ether oxygens (including phenoxy) is 3. The molecule has 0 amide bonds. The van der Waals surface area contributed by atoms with Crippen LogP contribution in [0.15, 0.2) is 48.5 Å². The fraction of sp³-hybridized carbons (Fsp3) is 0.417. The van der Waals surface area contributed by atoms with Crippen LogP contribution in [-0.4, -0.2) is 120 Å². The van der Waals surface area contributed by atoms with Gasteiger partial charge in [-0.25, -0.2) is 0 Å². The third kappa shape index (κ3) is 11.8. The molecule has 0 atom stereocenters. The number of phenolic OH excluding ortho intramolecular Hbond substituents is 4. The van der Waals surface area contributed by atoms with Crippen LogP contribution in [0.2, 0.25) is 0 Å². The Bertz CT molecular complexity index is 1570. The molecule has 4 rings (SSSR count). The monoisotopic (exact) mass is 710 g/mol. The Balaban J connectivity index is 0.000000276. The van der Waals surface area contributed by atoms with Gasteiger partial charge in [0.05, 0.1) is 13.2 Å². The zero-order chi connectivity index (χ0) is 37.5. The van der Waals surface area contributed by atoms with Gasteiger partial charge in [0, 0.05) is 60.4 Å². The van der Waals surface area contributed by atoms with Crippen molar-refractivity contribution in [3.8, 4) is 23.0 Å². The molecular weight excluding hydrogens is 660 g/mol. The molecule has 0 aliphatic rings. The first-order chi connectivity index (χ1) is 24.4. The van der Waals surface area contributed by atoms with Crippen molar-refractivity contribution >= 4 is 17.8 Å². The molecule has 15 heteroatoms. The number of hydrogen-bond donors (Lipinski definition) is 6. The average Bonchev–Trinajstić information content (AvgIpc) is 3.09. The van der Waals surface area contributed by atoms with Crippen LogP contribution in [0.4, 0.5) is 17.8 Å². The molecule has 6 N–H and O–H groups in total. The van der Waals surface area contributed by atoms with E-state index in [2.05, 4.69) is 15.0 Å². The summed E-state index contributed by atoms with van der Waals surface area (Å²) in [6.07, 6.45) is 0.751. The zero-order valence-electron chi connectivity index (χ0n) is 30.1. The Kier molecular flexibility index (Phi) is 15.9. The predicted octanol–water partition coefficient (Wildman–Crippen LogP) is 3.02. The van der Waals surface area contributed by atoms with Gasteiger partial charge < -0.3 is 59.5 Å². The lowest BCUT2D eigenvalue weighted by Crippen LogP contribution is -2.35. The molecule has 0 saturated carbocycles. The number of benzene rings is 3. The van der Waals surface area contributed by atoms with E-state index < -0.39 is 0 Å². The van der Waals surface area contributed by atoms with Gasteiger partial charge in [0.15, 0.2) is 0 Å². The van der Waals surface area contributed by atoms with Gasteiger partial charge in [0.1, 0.15) is 43.2 Å². The molecule has 4 aromatic rings. The second-order valence-electron chi connectivity index (χ2n) is 11.9. The Morgan fingerprint density at radius 1 is 0.569 bits per heavy atom. The lowest BCUT2D eigenvalue weighted by atomic mass is 9.94. The molecule has 1 aromatic heterocycles. The molecule has 3 aromatic carbocycles. The van der Waals surface area contributed by atoms with Crippen LogP contribution < -0.4 is 14.7 Å². The van der Waals surface area contributed by atoms with Crippen LogP contribution in [0, 0.1) is 13.8 Å². The van der Waals surface area contributed by atoms with E-state index >= 15 is 0 Å². The van der Waals surface area contributed by atoms with Gasteiger partial charge in [-0.3, -0.25) is 0 Å². The van der Waals surface area contributed by atoms with Crippen LogP contribution in [0.25, 0.3) is 0 Å². The molecule has 1 heterocycles. The van der Waals surface area contributed by atoms with Crippen molar-refractivity contribution in [3.05, 3.63) is 81.9 Å². The van der Waals surface area contributed by atoms with Crippen LogP contribution >= 0.6 is 0 Å². The summed E-state index contributed by atoms with van der Waals surface area (Å²) in [4.78, 5) is 18.3. The highest BCUT2D eigenvalue weighted by Crippen LogP contribution is 2.33. The van der Waals surface area contributed by atoms with Crippen molar-refractivity contribution < 1.29 is 44.8 Å². The van der Waals surface area contributed by atoms with E-state index in [0.29, 0.717) is 54.9 Å². The second kappa shape index (κ2) is 20.1. The van der Waals surface area contributed by atoms with E-state index in [1.807, 2.05) is 38.1 Å². The summed E-state index contributed by atoms with van der Waals surface area (Å²) in [5.74, 6) is 1.43. The number of nitrogens with zero attached hydrogens (tertiary/aromatic N) is 6. The van der Waals surface area contributed by atoms with Crippen LogP contribution in [0.5, 0.6) is 23.0 Å². The Hall–Kier alpha value is -4.93. The molecule has 0 aliphatic carbocycles. The summed E-state index contributed by atoms with van der Waals surface area (Å²) in [5.41, 5.74) is 4.73. The standard InChI is InChI=1S/C22H22O4.C14H28N6O5/c1-13-3-4-15(20(24)9-13)10-17-7-14(2)8-18(22(17)26)11-16-5-6-19(23)12-21(16)25;1-18(9-23-2)12-15-13(19(5-7-21)10-24-3)17-14(16-12)20(6-8-22)11-25-4/h3-9,12,23-26H,10-11H2,1-2H3;21-22H,5-11H2,1-4H3. The number of rotatable bonds is 17. The number of aromatic nitrogens is 3. The first-order valence-corrected chi connectivity index (χ1v) is 16.2. The smallest absolute Gasteiger partial charge is 0.233 e. The summed E-state index contributed by atoms with van der Waals surface area (Å²) in [5, 5.41) is 58.8. The maximum Gasteiger partial charge on any atom is 0.233 e. The zero-order valence-corrected chi connectivity index (χ0v) is 30.1. The van der Waals surface area contributed by atoms with E-state index in [0.717, 1.165) is 22.3 Å². The molecule has 278 valence electrons. The minimum Gasteiger partial charge on any atom is -0.508 e. The number of anilines is 3. The first-order valence-electron chi connectivity index (χ1n) is 16.2. The highest BCUT2D eigenvalue weighted by molar-refractivity contribution is 5.51. The molecule has 0 aliphatic heterocycles. The van der Waals surface area contributed by atoms with Crippen LogP contribution in [0.3, 0.4) is 0 Å². The Morgan fingerprint density at radius 3 is 1.49 bits per heavy atom. The van der Waals surface area contributed by atoms with E-state index in [1.165, 1.54) is 12.1 Å². The summed E-state index contributed by atoms with van der Waals surface area (Å²) in [7, 11) is 6.46. The highest BCUT2D eigenvalue weighted by atomic mass is 16.5. The SMILES string of the molecule is COCN(C)c1nc(N(CCO)COC)nc(N(CCO)COC)n1.Cc1ccc(Cc2cc(C)cc(Cc3ccc(O)cc3O)c2O)c(O)c1. The number of hydrogen-bond acceptors (Lipinski definition) is 15. The van der Waals surface area contributed by atoms with E-state index in [9.17, 15) is 30.6 Å². The molecule has 0 saturated heterocycles. The van der Waals surface area contributed by atoms with Gasteiger partial charge in [-0.2, -0.15) is 15.0 Å². The summed E-state index contributed by atoms with van der Waals surface area (Å²) >= 11 is 0. The molecule has 0 radical (unpaired) electrons. The fourth-order valence-electron chi connectivity index (χ4n) is 5.19. The average molecular weight is 711 g/mol. The summed E-state index contributed by atoms with van der Waals surface area (Å²) in [6.45, 7) is 5.01. The van der Waals surface area contributed by atoms with Gasteiger partial charge in [-0.15, -0.1) is 0 Å². The lowest BCUT2D eigenvalue weighted by molar-refractivity contribution is 0.185. The molecule has 0 fully saturated rings. The van der Waals surface area contributed by atoms with Crippen molar-refractivity contribution in [2.45, 2.75) is 26.7 Å². The van der Waals surface area contributed by atoms with E-state index in [-0.39, 0.29) is 56.4 Å². The number of aliphatic hydroxyl groups excluding tert-OH is 2. The quantitative estimate of drug-likeness (QED) is 0.0874. The number of phenols is 4. The number of aromatic hydroxyl groups is 4. The van der Waals surface area contributed by atoms with Gasteiger partial charge in [-0.05, 0) is 53.8 Å². The fourth-order valence-corrected chi connectivity index (χ4v) is 5.19. The van der Waals surface area contributed by atoms with Gasteiger partial charge in [0.2, 0.25) is 17.8 Å². The molecule has 0 unspecified atom stereocenters. The van der Waals surface area contributed by atoms with Crippen molar-refractivity contribution in [1.82, 2.24) is 15.0 Å². The van der Waals surface area contributed by atoms with Crippen molar-refractivity contribution in [1.29, 1.82) is 0 Å². The lowest BCUT2D eigenvalue weighted by Gasteiger charge is -2.26. The van der Waals surface area contributed by atoms with Crippen molar-refractivity contribution in [3.63, 3.8) is 0 Å². The van der Waals surface area contributed by atoms with Crippen molar-refractivity contribution in [2.24, 2.45) is 0 Å². The van der Waals surface area contributed by atoms with Gasteiger partial charge >= 0.3 is 0 Å². The number of methoxy groups -OCH3 is 3. The minimum absolute atomic E-state index is 0.00440. The second-order valence-corrected chi connectivity index (χ2v) is 11.9. The predicted molar refractivity (Wildman–Crippen MR) is 194 cm³/mol. The minimum atomic E-state index is -0.0773. The summed E-state index contributed by atoms with van der Waals surface area (Å²) < 4.78 is 15.4. The Labute approximate surface area is 298 Å². The first kappa shape index (κ1) is 40.5. The molecule has 51 heavy (non-hydrogen) atoms. The summed E-state index contributed by atoms with van der Waals surface area (Å²) in [6, 6.07) is 13.7. The topological polar surface area (TPSA) is 197 Å². The molecule has 0 spiro atoms. The third-order valence-electron chi connectivity index (χ3n) is 7.62. The maximum absolute atomic E-state index is 10.7. The Morgan fingerprint density at radius 2 is 1.04 bits per heavy atom.